The summed E-state index contributed by atoms with van der Waals surface area (Å²) in [7, 11) is 0. The lowest BCUT2D eigenvalue weighted by atomic mass is 9.67. The monoisotopic (exact) mass is 857 g/mol. The maximum atomic E-state index is 2.51. The average Bonchev–Trinajstić information content (AvgIpc) is 3.80. The van der Waals surface area contributed by atoms with Crippen LogP contribution in [0.2, 0.25) is 0 Å². The Morgan fingerprint density at radius 2 is 0.821 bits per heavy atom. The average molecular weight is 858 g/mol. The number of rotatable bonds is 8. The lowest BCUT2D eigenvalue weighted by molar-refractivity contribution is 0.660. The summed E-state index contributed by atoms with van der Waals surface area (Å²) in [5.74, 6) is 0. The fourth-order valence-corrected chi connectivity index (χ4v) is 11.7. The number of benzene rings is 10. The largest absolute Gasteiger partial charge is 0.310 e. The van der Waals surface area contributed by atoms with Crippen molar-refractivity contribution in [3.63, 3.8) is 0 Å². The minimum absolute atomic E-state index is 0.150. The zero-order chi connectivity index (χ0) is 45.3. The summed E-state index contributed by atoms with van der Waals surface area (Å²) in [6, 6.07) is 88.2. The number of aryl methyl sites for hydroxylation is 2. The van der Waals surface area contributed by atoms with Crippen LogP contribution in [0.25, 0.3) is 55.6 Å². The first kappa shape index (κ1) is 40.5. The number of hydrogen-bond donors (Lipinski definition) is 0. The van der Waals surface area contributed by atoms with Crippen LogP contribution >= 0.6 is 0 Å². The molecule has 0 atom stereocenters. The fourth-order valence-electron chi connectivity index (χ4n) is 11.7. The molecule has 0 radical (unpaired) electrons. The van der Waals surface area contributed by atoms with E-state index in [4.69, 9.17) is 0 Å². The van der Waals surface area contributed by atoms with Crippen molar-refractivity contribution in [2.45, 2.75) is 38.5 Å². The van der Waals surface area contributed by atoms with Crippen LogP contribution in [0.5, 0.6) is 0 Å². The second kappa shape index (κ2) is 15.9. The summed E-state index contributed by atoms with van der Waals surface area (Å²) in [6.07, 6.45) is 0. The normalized spacial score (nSPS) is 13.6. The van der Waals surface area contributed by atoms with Gasteiger partial charge in [-0.3, -0.25) is 0 Å². The highest BCUT2D eigenvalue weighted by molar-refractivity contribution is 5.98. The highest BCUT2D eigenvalue weighted by Crippen LogP contribution is 2.60. The van der Waals surface area contributed by atoms with Crippen molar-refractivity contribution in [1.29, 1.82) is 0 Å². The van der Waals surface area contributed by atoms with Gasteiger partial charge in [-0.1, -0.05) is 214 Å². The van der Waals surface area contributed by atoms with Gasteiger partial charge in [0.15, 0.2) is 0 Å². The molecule has 10 aromatic rings. The molecule has 320 valence electrons. The molecule has 0 N–H and O–H groups in total. The SMILES string of the molecule is Cc1cc(-c2cccc3c2-c2ccc(N(c4ccc5c(c4)C(C)(C)c4ccccc4-5)c4ccc(-c5ccccc5)cc4C)cc2C3(c2ccccc2)c2ccccc2)ccc1-c1ccccc1. The minimum Gasteiger partial charge on any atom is -0.310 e. The number of anilines is 3. The first-order chi connectivity index (χ1) is 32.8. The molecule has 0 fully saturated rings. The molecule has 0 saturated carbocycles. The third-order valence-electron chi connectivity index (χ3n) is 14.8. The number of nitrogens with zero attached hydrogens (tertiary/aromatic N) is 1. The van der Waals surface area contributed by atoms with Crippen LogP contribution in [-0.4, -0.2) is 0 Å². The van der Waals surface area contributed by atoms with Gasteiger partial charge in [0.05, 0.1) is 5.41 Å². The van der Waals surface area contributed by atoms with E-state index in [1.807, 2.05) is 0 Å². The molecule has 0 heterocycles. The molecule has 67 heavy (non-hydrogen) atoms. The van der Waals surface area contributed by atoms with Crippen LogP contribution in [0.15, 0.2) is 237 Å². The first-order valence-electron chi connectivity index (χ1n) is 23.6. The summed E-state index contributed by atoms with van der Waals surface area (Å²) < 4.78 is 0. The minimum atomic E-state index is -0.600. The molecule has 0 bridgehead atoms. The van der Waals surface area contributed by atoms with Crippen molar-refractivity contribution in [2.75, 3.05) is 4.90 Å². The molecule has 0 aliphatic heterocycles. The summed E-state index contributed by atoms with van der Waals surface area (Å²) in [5, 5.41) is 0. The molecule has 2 aliphatic rings. The van der Waals surface area contributed by atoms with Gasteiger partial charge in [-0.2, -0.15) is 0 Å². The van der Waals surface area contributed by atoms with Crippen molar-refractivity contribution in [1.82, 2.24) is 0 Å². The molecule has 0 unspecified atom stereocenters. The van der Waals surface area contributed by atoms with Gasteiger partial charge in [0.2, 0.25) is 0 Å². The Morgan fingerprint density at radius 1 is 0.313 bits per heavy atom. The third kappa shape index (κ3) is 6.37. The predicted molar refractivity (Wildman–Crippen MR) is 282 cm³/mol. The van der Waals surface area contributed by atoms with Gasteiger partial charge in [0, 0.05) is 22.5 Å². The number of fused-ring (bicyclic) bond motifs is 6. The molecular formula is C66H51N. The van der Waals surface area contributed by atoms with Crippen LogP contribution in [0.3, 0.4) is 0 Å². The molecule has 1 nitrogen and oxygen atoms in total. The molecular weight excluding hydrogens is 807 g/mol. The maximum Gasteiger partial charge on any atom is 0.0714 e. The van der Waals surface area contributed by atoms with Crippen molar-refractivity contribution in [2.24, 2.45) is 0 Å². The fraction of sp³-hybridized carbons (Fsp3) is 0.0909. The summed E-state index contributed by atoms with van der Waals surface area (Å²) in [5.41, 5.74) is 25.5. The molecule has 1 heteroatoms. The van der Waals surface area contributed by atoms with Crippen LogP contribution in [0, 0.1) is 13.8 Å². The predicted octanol–water partition coefficient (Wildman–Crippen LogP) is 17.4. The van der Waals surface area contributed by atoms with E-state index in [0.29, 0.717) is 0 Å². The van der Waals surface area contributed by atoms with Gasteiger partial charge >= 0.3 is 0 Å². The van der Waals surface area contributed by atoms with Gasteiger partial charge in [0.25, 0.3) is 0 Å². The topological polar surface area (TPSA) is 3.24 Å². The van der Waals surface area contributed by atoms with E-state index in [0.717, 1.165) is 17.1 Å². The first-order valence-corrected chi connectivity index (χ1v) is 23.6. The Hall–Kier alpha value is -8.00. The van der Waals surface area contributed by atoms with E-state index in [2.05, 4.69) is 269 Å². The van der Waals surface area contributed by atoms with Gasteiger partial charge in [-0.25, -0.2) is 0 Å². The molecule has 0 aromatic heterocycles. The Morgan fingerprint density at radius 3 is 1.48 bits per heavy atom. The van der Waals surface area contributed by atoms with Crippen LogP contribution < -0.4 is 4.90 Å². The van der Waals surface area contributed by atoms with Gasteiger partial charge in [-0.15, -0.1) is 0 Å². The van der Waals surface area contributed by atoms with Crippen LogP contribution in [0.4, 0.5) is 17.1 Å². The van der Waals surface area contributed by atoms with E-state index in [-0.39, 0.29) is 5.41 Å². The standard InChI is InChI=1S/C66H51N/c1-44-40-49(32-36-54(44)47-22-11-6-12-23-47)55-29-19-31-60-64(55)58-38-35-53(43-62(58)66(60,50-24-13-7-14-25-50)51-26-15-8-16-27-51)67(63-39-33-48(41-45(63)2)46-20-9-5-10-21-46)52-34-37-57-56-28-17-18-30-59(56)65(3,4)61(57)42-52/h5-43H,1-4H3. The second-order valence-electron chi connectivity index (χ2n) is 18.9. The lowest BCUT2D eigenvalue weighted by Gasteiger charge is -2.35. The van der Waals surface area contributed by atoms with E-state index < -0.39 is 5.41 Å². The van der Waals surface area contributed by atoms with Crippen molar-refractivity contribution in [3.8, 4) is 55.6 Å². The van der Waals surface area contributed by atoms with Gasteiger partial charge < -0.3 is 4.90 Å². The smallest absolute Gasteiger partial charge is 0.0714 e. The number of hydrogen-bond acceptors (Lipinski definition) is 1. The highest BCUT2D eigenvalue weighted by Gasteiger charge is 2.47. The molecule has 10 aromatic carbocycles. The summed E-state index contributed by atoms with van der Waals surface area (Å²) in [6.45, 7) is 9.26. The van der Waals surface area contributed by atoms with Crippen molar-refractivity contribution >= 4 is 17.1 Å². The van der Waals surface area contributed by atoms with E-state index in [1.165, 1.54) is 100 Å². The second-order valence-corrected chi connectivity index (χ2v) is 18.9. The van der Waals surface area contributed by atoms with Gasteiger partial charge in [-0.05, 0) is 150 Å². The highest BCUT2D eigenvalue weighted by atomic mass is 15.1. The van der Waals surface area contributed by atoms with E-state index in [9.17, 15) is 0 Å². The molecule has 12 rings (SSSR count). The molecule has 2 aliphatic carbocycles. The van der Waals surface area contributed by atoms with Crippen molar-refractivity contribution < 1.29 is 0 Å². The van der Waals surface area contributed by atoms with Crippen LogP contribution in [0.1, 0.15) is 58.4 Å². The molecule has 0 amide bonds. The van der Waals surface area contributed by atoms with Crippen LogP contribution in [-0.2, 0) is 10.8 Å². The zero-order valence-electron chi connectivity index (χ0n) is 38.5. The van der Waals surface area contributed by atoms with Gasteiger partial charge in [0.1, 0.15) is 0 Å². The Kier molecular flexibility index (Phi) is 9.59. The Balaban J connectivity index is 1.11. The summed E-state index contributed by atoms with van der Waals surface area (Å²) >= 11 is 0. The Labute approximate surface area is 395 Å². The van der Waals surface area contributed by atoms with E-state index in [1.54, 1.807) is 0 Å². The molecule has 0 saturated heterocycles. The lowest BCUT2D eigenvalue weighted by Crippen LogP contribution is -2.28. The quantitative estimate of drug-likeness (QED) is 0.147. The zero-order valence-corrected chi connectivity index (χ0v) is 38.5. The third-order valence-corrected chi connectivity index (χ3v) is 14.8. The van der Waals surface area contributed by atoms with E-state index >= 15 is 0 Å². The maximum absolute atomic E-state index is 2.51. The summed E-state index contributed by atoms with van der Waals surface area (Å²) in [4.78, 5) is 2.51. The van der Waals surface area contributed by atoms with Crippen molar-refractivity contribution in [3.05, 3.63) is 281 Å². The Bertz CT molecular complexity index is 3450. The molecule has 0 spiro atoms.